The van der Waals surface area contributed by atoms with Gasteiger partial charge in [-0.05, 0) is 37.3 Å². The molecule has 4 rings (SSSR count). The number of nitrogens with zero attached hydrogens (tertiary/aromatic N) is 4. The van der Waals surface area contributed by atoms with E-state index in [1.165, 1.54) is 4.88 Å². The van der Waals surface area contributed by atoms with E-state index in [1.54, 1.807) is 17.5 Å². The smallest absolute Gasteiger partial charge is 0.252 e. The van der Waals surface area contributed by atoms with Crippen molar-refractivity contribution >= 4 is 28.3 Å². The van der Waals surface area contributed by atoms with E-state index in [9.17, 15) is 4.79 Å². The van der Waals surface area contributed by atoms with Gasteiger partial charge in [0.25, 0.3) is 5.91 Å². The van der Waals surface area contributed by atoms with Crippen molar-refractivity contribution in [2.75, 3.05) is 32.8 Å². The lowest BCUT2D eigenvalue weighted by atomic mass is 10.0. The number of morpholine rings is 1. The molecule has 0 spiro atoms. The number of nitrogens with one attached hydrogen (secondary N) is 1. The Labute approximate surface area is 187 Å². The Kier molecular flexibility index (Phi) is 6.69. The van der Waals surface area contributed by atoms with Gasteiger partial charge in [-0.1, -0.05) is 19.9 Å². The topological polar surface area (TPSA) is 72.3 Å². The molecule has 1 N–H and O–H groups in total. The summed E-state index contributed by atoms with van der Waals surface area (Å²) in [5.74, 6) is 0.145. The summed E-state index contributed by atoms with van der Waals surface area (Å²) in [6, 6.07) is 6.45. The molecule has 0 bridgehead atoms. The summed E-state index contributed by atoms with van der Waals surface area (Å²) in [4.78, 5) is 21.8. The number of aromatic nitrogens is 3. The molecule has 1 atom stereocenters. The molecule has 0 radical (unpaired) electrons. The minimum Gasteiger partial charge on any atom is -0.379 e. The Morgan fingerprint density at radius 1 is 1.26 bits per heavy atom. The highest BCUT2D eigenvalue weighted by molar-refractivity contribution is 7.10. The van der Waals surface area contributed by atoms with Gasteiger partial charge in [-0.3, -0.25) is 9.69 Å². The first-order chi connectivity index (χ1) is 15.0. The normalized spacial score (nSPS) is 16.3. The maximum absolute atomic E-state index is 13.4. The third-order valence-electron chi connectivity index (χ3n) is 5.73. The number of amides is 1. The highest BCUT2D eigenvalue weighted by atomic mass is 32.1. The zero-order valence-corrected chi connectivity index (χ0v) is 19.5. The average Bonchev–Trinajstić information content (AvgIpc) is 3.44. The van der Waals surface area contributed by atoms with Crippen LogP contribution in [0.2, 0.25) is 0 Å². The van der Waals surface area contributed by atoms with Crippen molar-refractivity contribution in [2.45, 2.75) is 45.7 Å². The quantitative estimate of drug-likeness (QED) is 0.600. The van der Waals surface area contributed by atoms with Crippen molar-refractivity contribution in [3.63, 3.8) is 0 Å². The molecule has 1 aliphatic heterocycles. The van der Waals surface area contributed by atoms with Crippen LogP contribution in [0.5, 0.6) is 0 Å². The minimum atomic E-state index is -0.0765. The van der Waals surface area contributed by atoms with Crippen LogP contribution in [0.3, 0.4) is 0 Å². The molecular weight excluding hydrogens is 410 g/mol. The van der Waals surface area contributed by atoms with Crippen LogP contribution >= 0.6 is 11.3 Å². The Morgan fingerprint density at radius 2 is 2.03 bits per heavy atom. The van der Waals surface area contributed by atoms with Crippen molar-refractivity contribution in [1.82, 2.24) is 25.0 Å². The summed E-state index contributed by atoms with van der Waals surface area (Å²) in [6.45, 7) is 12.1. The SMILES string of the molecule is CC(C)c1cc(C(=O)NCC(c2cccs2)N2CCOCC2)c2cnn(C(C)C)c2n1. The zero-order valence-electron chi connectivity index (χ0n) is 18.7. The van der Waals surface area contributed by atoms with E-state index in [-0.39, 0.29) is 23.9 Å². The number of fused-ring (bicyclic) bond motifs is 1. The highest BCUT2D eigenvalue weighted by Gasteiger charge is 2.25. The number of hydrogen-bond donors (Lipinski definition) is 1. The molecule has 1 saturated heterocycles. The zero-order chi connectivity index (χ0) is 22.0. The molecule has 0 saturated carbocycles. The van der Waals surface area contributed by atoms with E-state index in [0.29, 0.717) is 12.1 Å². The van der Waals surface area contributed by atoms with E-state index in [0.717, 1.165) is 43.0 Å². The molecule has 166 valence electrons. The van der Waals surface area contributed by atoms with E-state index < -0.39 is 0 Å². The fourth-order valence-corrected chi connectivity index (χ4v) is 4.82. The minimum absolute atomic E-state index is 0.0765. The van der Waals surface area contributed by atoms with Gasteiger partial charge in [-0.2, -0.15) is 5.10 Å². The standard InChI is InChI=1S/C23H31N5O2S/c1-15(2)19-12-17(18-13-25-28(16(3)4)22(18)26-19)23(29)24-14-20(21-6-5-11-31-21)27-7-9-30-10-8-27/h5-6,11-13,15-16,20H,7-10,14H2,1-4H3,(H,24,29). The number of rotatable bonds is 7. The maximum Gasteiger partial charge on any atom is 0.252 e. The number of carbonyl (C=O) groups is 1. The largest absolute Gasteiger partial charge is 0.379 e. The van der Waals surface area contributed by atoms with Crippen molar-refractivity contribution in [1.29, 1.82) is 0 Å². The molecule has 3 aromatic rings. The Morgan fingerprint density at radius 3 is 2.68 bits per heavy atom. The summed E-state index contributed by atoms with van der Waals surface area (Å²) in [5, 5.41) is 10.6. The molecule has 31 heavy (non-hydrogen) atoms. The van der Waals surface area contributed by atoms with Gasteiger partial charge < -0.3 is 10.1 Å². The van der Waals surface area contributed by atoms with Gasteiger partial charge in [-0.25, -0.2) is 9.67 Å². The third kappa shape index (κ3) is 4.66. The molecular formula is C23H31N5O2S. The second-order valence-corrected chi connectivity index (χ2v) is 9.54. The second kappa shape index (κ2) is 9.46. The Balaban J connectivity index is 1.61. The van der Waals surface area contributed by atoms with Gasteiger partial charge in [0.1, 0.15) is 0 Å². The van der Waals surface area contributed by atoms with Crippen LogP contribution in [0.15, 0.2) is 29.8 Å². The molecule has 0 aromatic carbocycles. The van der Waals surface area contributed by atoms with E-state index >= 15 is 0 Å². The van der Waals surface area contributed by atoms with Crippen LogP contribution < -0.4 is 5.32 Å². The number of hydrogen-bond acceptors (Lipinski definition) is 6. The monoisotopic (exact) mass is 441 g/mol. The van der Waals surface area contributed by atoms with Gasteiger partial charge in [0.15, 0.2) is 5.65 Å². The summed E-state index contributed by atoms with van der Waals surface area (Å²) in [7, 11) is 0. The first-order valence-corrected chi connectivity index (χ1v) is 11.8. The van der Waals surface area contributed by atoms with Crippen LogP contribution in [0.4, 0.5) is 0 Å². The maximum atomic E-state index is 13.4. The van der Waals surface area contributed by atoms with Gasteiger partial charge in [-0.15, -0.1) is 11.3 Å². The van der Waals surface area contributed by atoms with E-state index in [2.05, 4.69) is 60.5 Å². The molecule has 1 aliphatic rings. The van der Waals surface area contributed by atoms with Crippen LogP contribution in [-0.4, -0.2) is 58.4 Å². The van der Waals surface area contributed by atoms with Crippen molar-refractivity contribution in [2.24, 2.45) is 0 Å². The molecule has 1 unspecified atom stereocenters. The Bertz CT molecular complexity index is 1020. The Hall–Kier alpha value is -2.29. The molecule has 3 aromatic heterocycles. The summed E-state index contributed by atoms with van der Waals surface area (Å²) in [6.07, 6.45) is 1.76. The molecule has 7 nitrogen and oxygen atoms in total. The first kappa shape index (κ1) is 21.9. The lowest BCUT2D eigenvalue weighted by Crippen LogP contribution is -2.43. The van der Waals surface area contributed by atoms with Gasteiger partial charge in [0, 0.05) is 36.2 Å². The molecule has 0 aliphatic carbocycles. The van der Waals surface area contributed by atoms with Crippen LogP contribution in [-0.2, 0) is 4.74 Å². The summed E-state index contributed by atoms with van der Waals surface area (Å²) in [5.41, 5.74) is 2.32. The van der Waals surface area contributed by atoms with Gasteiger partial charge in [0.2, 0.25) is 0 Å². The number of pyridine rings is 1. The van der Waals surface area contributed by atoms with E-state index in [4.69, 9.17) is 9.72 Å². The van der Waals surface area contributed by atoms with E-state index in [1.807, 2.05) is 10.7 Å². The summed E-state index contributed by atoms with van der Waals surface area (Å²) < 4.78 is 7.41. The average molecular weight is 442 g/mol. The predicted molar refractivity (Wildman–Crippen MR) is 124 cm³/mol. The summed E-state index contributed by atoms with van der Waals surface area (Å²) >= 11 is 1.73. The van der Waals surface area contributed by atoms with Crippen molar-refractivity contribution in [3.8, 4) is 0 Å². The molecule has 1 fully saturated rings. The van der Waals surface area contributed by atoms with Crippen LogP contribution in [0.1, 0.15) is 66.6 Å². The molecule has 4 heterocycles. The van der Waals surface area contributed by atoms with Gasteiger partial charge >= 0.3 is 0 Å². The predicted octanol–water partition coefficient (Wildman–Crippen LogP) is 4.00. The van der Waals surface area contributed by atoms with Crippen LogP contribution in [0, 0.1) is 0 Å². The van der Waals surface area contributed by atoms with Crippen molar-refractivity contribution in [3.05, 3.63) is 45.9 Å². The number of carbonyl (C=O) groups excluding carboxylic acids is 1. The van der Waals surface area contributed by atoms with Crippen molar-refractivity contribution < 1.29 is 9.53 Å². The van der Waals surface area contributed by atoms with Gasteiger partial charge in [0.05, 0.1) is 36.4 Å². The first-order valence-electron chi connectivity index (χ1n) is 11.0. The molecule has 8 heteroatoms. The fourth-order valence-electron chi connectivity index (χ4n) is 3.96. The highest BCUT2D eigenvalue weighted by Crippen LogP contribution is 2.27. The third-order valence-corrected chi connectivity index (χ3v) is 6.70. The van der Waals surface area contributed by atoms with Crippen LogP contribution in [0.25, 0.3) is 11.0 Å². The fraction of sp³-hybridized carbons (Fsp3) is 0.522. The number of ether oxygens (including phenoxy) is 1. The number of thiophene rings is 1. The second-order valence-electron chi connectivity index (χ2n) is 8.56. The lowest BCUT2D eigenvalue weighted by Gasteiger charge is -2.34. The molecule has 1 amide bonds. The lowest BCUT2D eigenvalue weighted by molar-refractivity contribution is 0.0169.